The van der Waals surface area contributed by atoms with Gasteiger partial charge in [-0.1, -0.05) is 149 Å². The number of hydrogen-bond acceptors (Lipinski definition) is 4. The van der Waals surface area contributed by atoms with Crippen LogP contribution in [-0.4, -0.2) is 11.7 Å². The number of anilines is 6. The fourth-order valence-corrected chi connectivity index (χ4v) is 12.9. The Morgan fingerprint density at radius 1 is 0.485 bits per heavy atom. The van der Waals surface area contributed by atoms with Crippen LogP contribution in [-0.2, 0) is 37.9 Å². The van der Waals surface area contributed by atoms with Gasteiger partial charge in [-0.05, 0) is 176 Å². The molecule has 0 amide bonds. The van der Waals surface area contributed by atoms with Gasteiger partial charge in [-0.3, -0.25) is 4.90 Å². The number of fused-ring (bicyclic) bond motifs is 4. The second-order valence-electron chi connectivity index (χ2n) is 28.3. The molecule has 2 aliphatic heterocycles. The first-order chi connectivity index (χ1) is 30.4. The van der Waals surface area contributed by atoms with Crippen LogP contribution in [0.1, 0.15) is 202 Å². The van der Waals surface area contributed by atoms with E-state index in [-0.39, 0.29) is 44.6 Å². The van der Waals surface area contributed by atoms with Gasteiger partial charge in [-0.25, -0.2) is 4.98 Å². The van der Waals surface area contributed by atoms with E-state index in [1.54, 1.807) is 0 Å². The van der Waals surface area contributed by atoms with E-state index >= 15 is 0 Å². The molecule has 0 atom stereocenters. The molecule has 348 valence electrons. The highest BCUT2D eigenvalue weighted by molar-refractivity contribution is 6.99. The maximum atomic E-state index is 7.36. The molecule has 3 heterocycles. The zero-order chi connectivity index (χ0) is 47.6. The molecule has 6 aliphatic rings. The highest BCUT2D eigenvalue weighted by Gasteiger charge is 2.54. The largest absolute Gasteiger partial charge is 0.424 e. The highest BCUT2D eigenvalue weighted by Crippen LogP contribution is 2.62. The van der Waals surface area contributed by atoms with E-state index in [0.29, 0.717) is 0 Å². The Bertz CT molecular complexity index is 2660. The van der Waals surface area contributed by atoms with Crippen molar-refractivity contribution in [3.05, 3.63) is 106 Å². The zero-order valence-electron chi connectivity index (χ0n) is 44.2. The van der Waals surface area contributed by atoms with Crippen molar-refractivity contribution in [2.75, 3.05) is 9.80 Å². The van der Waals surface area contributed by atoms with Crippen LogP contribution >= 0.6 is 0 Å². The van der Waals surface area contributed by atoms with Crippen molar-refractivity contribution >= 4 is 57.6 Å². The Labute approximate surface area is 399 Å². The minimum Gasteiger partial charge on any atom is -0.424 e. The van der Waals surface area contributed by atoms with Crippen LogP contribution in [0.25, 0.3) is 0 Å². The number of aromatic nitrogens is 1. The van der Waals surface area contributed by atoms with Gasteiger partial charge in [0, 0.05) is 33.9 Å². The molecular formula is C61H80BN3O. The first kappa shape index (κ1) is 45.5. The molecule has 0 unspecified atom stereocenters. The van der Waals surface area contributed by atoms with Crippen LogP contribution in [0.5, 0.6) is 0 Å². The van der Waals surface area contributed by atoms with Gasteiger partial charge in [0.2, 0.25) is 11.8 Å². The Morgan fingerprint density at radius 3 is 1.33 bits per heavy atom. The monoisotopic (exact) mass is 882 g/mol. The molecule has 4 bridgehead atoms. The molecule has 4 saturated carbocycles. The third kappa shape index (κ3) is 7.51. The van der Waals surface area contributed by atoms with Gasteiger partial charge < -0.3 is 9.32 Å². The summed E-state index contributed by atoms with van der Waals surface area (Å²) in [6.45, 7) is 42.1. The van der Waals surface area contributed by atoms with Crippen LogP contribution in [0.2, 0.25) is 0 Å². The van der Waals surface area contributed by atoms with Crippen molar-refractivity contribution < 1.29 is 4.42 Å². The van der Waals surface area contributed by atoms with Crippen LogP contribution in [0, 0.1) is 17.8 Å². The fraction of sp³-hybridized carbons (Fsp3) is 0.557. The Morgan fingerprint density at radius 2 is 0.909 bits per heavy atom. The third-order valence-corrected chi connectivity index (χ3v) is 16.6. The van der Waals surface area contributed by atoms with Crippen molar-refractivity contribution in [1.29, 1.82) is 0 Å². The van der Waals surface area contributed by atoms with Crippen LogP contribution in [0.4, 0.5) is 34.3 Å². The van der Waals surface area contributed by atoms with Crippen LogP contribution in [0.15, 0.2) is 71.1 Å². The Kier molecular flexibility index (Phi) is 9.93. The lowest BCUT2D eigenvalue weighted by molar-refractivity contribution is -0.00514. The molecule has 5 heteroatoms. The standard InChI is InChI=1S/C61H80BN3O/c1-55(2,3)39-19-20-48-47(30-39)62-51-49(64(48)45-26-40(56(4,5)6)24-41(27-45)57(7,8)9)31-44(61-33-36-21-37(34-61)23-38(22-36)35-61)32-50(51)65(53-52(62)63-54(66-53)60(16,17)18)46-28-42(58(10,11)12)25-43(29-46)59(13,14)15/h19-20,24-32,36-38H,21-23,33-35H2,1-18H3. The van der Waals surface area contributed by atoms with Crippen molar-refractivity contribution in [2.45, 2.75) is 201 Å². The number of oxazole rings is 1. The van der Waals surface area contributed by atoms with Gasteiger partial charge in [0.1, 0.15) is 0 Å². The predicted octanol–water partition coefficient (Wildman–Crippen LogP) is 15.0. The summed E-state index contributed by atoms with van der Waals surface area (Å²) in [6.07, 6.45) is 8.16. The average Bonchev–Trinajstić information content (AvgIpc) is 3.64. The SMILES string of the molecule is CC(C)(C)c1cc(N2c3ccc(C(C)(C)C)cc3B3c4nc(C(C)(C)C)oc4N(c4cc(C(C)(C)C)cc(C(C)(C)C)c4)c4cc(C56CC7CC(CC(C7)C5)C6)cc2c43)cc(C(C)(C)C)c1. The van der Waals surface area contributed by atoms with E-state index in [1.807, 2.05) is 0 Å². The quantitative estimate of drug-likeness (QED) is 0.166. The summed E-state index contributed by atoms with van der Waals surface area (Å²) in [7, 11) is 0. The molecule has 66 heavy (non-hydrogen) atoms. The van der Waals surface area contributed by atoms with E-state index in [0.717, 1.165) is 35.1 Å². The highest BCUT2D eigenvalue weighted by atomic mass is 16.4. The summed E-state index contributed by atoms with van der Waals surface area (Å²) >= 11 is 0. The van der Waals surface area contributed by atoms with Crippen molar-refractivity contribution in [2.24, 2.45) is 17.8 Å². The smallest absolute Gasteiger partial charge is 0.279 e. The molecule has 5 aromatic rings. The normalized spacial score (nSPS) is 22.8. The second-order valence-corrected chi connectivity index (χ2v) is 28.3. The first-order valence-corrected chi connectivity index (χ1v) is 25.7. The minimum atomic E-state index is -0.292. The Balaban J connectivity index is 1.37. The summed E-state index contributed by atoms with van der Waals surface area (Å²) in [4.78, 5) is 10.9. The molecule has 1 aromatic heterocycles. The Hall–Kier alpha value is -4.25. The van der Waals surface area contributed by atoms with E-state index in [1.165, 1.54) is 111 Å². The second kappa shape index (κ2) is 14.4. The fourth-order valence-electron chi connectivity index (χ4n) is 12.9. The van der Waals surface area contributed by atoms with Crippen LogP contribution < -0.4 is 26.3 Å². The summed E-state index contributed by atoms with van der Waals surface area (Å²) in [5.74, 6) is 4.14. The van der Waals surface area contributed by atoms with E-state index in [9.17, 15) is 0 Å². The maximum Gasteiger partial charge on any atom is 0.279 e. The molecule has 4 fully saturated rings. The number of rotatable bonds is 3. The molecule has 0 spiro atoms. The van der Waals surface area contributed by atoms with Gasteiger partial charge in [-0.2, -0.15) is 0 Å². The van der Waals surface area contributed by atoms with Gasteiger partial charge in [0.25, 0.3) is 6.71 Å². The van der Waals surface area contributed by atoms with E-state index < -0.39 is 0 Å². The topological polar surface area (TPSA) is 32.5 Å². The summed E-state index contributed by atoms with van der Waals surface area (Å²) in [5, 5.41) is 0. The summed E-state index contributed by atoms with van der Waals surface area (Å²) < 4.78 is 7.36. The molecule has 0 saturated heterocycles. The van der Waals surface area contributed by atoms with E-state index in [2.05, 4.69) is 201 Å². The molecular weight excluding hydrogens is 802 g/mol. The van der Waals surface area contributed by atoms with Gasteiger partial charge in [-0.15, -0.1) is 0 Å². The first-order valence-electron chi connectivity index (χ1n) is 25.7. The van der Waals surface area contributed by atoms with Crippen LogP contribution in [0.3, 0.4) is 0 Å². The van der Waals surface area contributed by atoms with Crippen molar-refractivity contribution in [3.8, 4) is 0 Å². The molecule has 0 radical (unpaired) electrons. The number of nitrogens with zero attached hydrogens (tertiary/aromatic N) is 3. The van der Waals surface area contributed by atoms with Crippen molar-refractivity contribution in [3.63, 3.8) is 0 Å². The average molecular weight is 882 g/mol. The van der Waals surface area contributed by atoms with E-state index in [4.69, 9.17) is 9.40 Å². The zero-order valence-corrected chi connectivity index (χ0v) is 44.2. The lowest BCUT2D eigenvalue weighted by atomic mass is 9.35. The molecule has 11 rings (SSSR count). The molecule has 4 aromatic carbocycles. The number of hydrogen-bond donors (Lipinski definition) is 0. The third-order valence-electron chi connectivity index (χ3n) is 16.6. The van der Waals surface area contributed by atoms with Crippen molar-refractivity contribution in [1.82, 2.24) is 4.98 Å². The lowest BCUT2D eigenvalue weighted by Crippen LogP contribution is -2.62. The summed E-state index contributed by atoms with van der Waals surface area (Å²) in [6, 6.07) is 27.7. The van der Waals surface area contributed by atoms with Gasteiger partial charge in [0.15, 0.2) is 0 Å². The number of benzene rings is 4. The van der Waals surface area contributed by atoms with Gasteiger partial charge in [0.05, 0.1) is 5.59 Å². The predicted molar refractivity (Wildman–Crippen MR) is 283 cm³/mol. The minimum absolute atomic E-state index is 0.0354. The summed E-state index contributed by atoms with van der Waals surface area (Å²) in [5.41, 5.74) is 17.9. The lowest BCUT2D eigenvalue weighted by Gasteiger charge is -2.57. The molecule has 4 aliphatic carbocycles. The molecule has 4 nitrogen and oxygen atoms in total. The van der Waals surface area contributed by atoms with Gasteiger partial charge >= 0.3 is 0 Å². The molecule has 0 N–H and O–H groups in total. The maximum absolute atomic E-state index is 7.36.